The number of benzene rings is 1. The standard InChI is InChI=1S/C18H19FN2O6/c1-25-12-6-11(7-17(22)23)21(9-12)18(24)15-8-13(27-20-15)10-26-16-5-3-2-4-14(16)19/h2-5,8,11-12H,6-7,9-10H2,1H3,(H,22,23). The number of aliphatic carboxylic acids is 1. The van der Waals surface area contributed by atoms with E-state index in [4.69, 9.17) is 19.1 Å². The number of methoxy groups -OCH3 is 1. The molecule has 2 unspecified atom stereocenters. The molecule has 2 aromatic rings. The van der Waals surface area contributed by atoms with E-state index in [0.29, 0.717) is 6.42 Å². The summed E-state index contributed by atoms with van der Waals surface area (Å²) in [7, 11) is 1.52. The molecule has 0 bridgehead atoms. The van der Waals surface area contributed by atoms with Crippen molar-refractivity contribution in [2.75, 3.05) is 13.7 Å². The average Bonchev–Trinajstić information content (AvgIpc) is 3.27. The van der Waals surface area contributed by atoms with Gasteiger partial charge in [0.15, 0.2) is 23.0 Å². The van der Waals surface area contributed by atoms with Crippen molar-refractivity contribution in [2.45, 2.75) is 31.6 Å². The van der Waals surface area contributed by atoms with Gasteiger partial charge in [-0.25, -0.2) is 4.39 Å². The summed E-state index contributed by atoms with van der Waals surface area (Å²) < 4.78 is 29.2. The summed E-state index contributed by atoms with van der Waals surface area (Å²) >= 11 is 0. The van der Waals surface area contributed by atoms with Gasteiger partial charge in [-0.05, 0) is 18.6 Å². The van der Waals surface area contributed by atoms with Crippen molar-refractivity contribution in [3.8, 4) is 5.75 Å². The van der Waals surface area contributed by atoms with Crippen LogP contribution in [0.4, 0.5) is 4.39 Å². The number of ether oxygens (including phenoxy) is 2. The van der Waals surface area contributed by atoms with Crippen LogP contribution in [0.2, 0.25) is 0 Å². The zero-order valence-electron chi connectivity index (χ0n) is 14.6. The summed E-state index contributed by atoms with van der Waals surface area (Å²) in [5, 5.41) is 12.8. The average molecular weight is 378 g/mol. The molecule has 1 aliphatic rings. The van der Waals surface area contributed by atoms with Crippen molar-refractivity contribution in [1.82, 2.24) is 10.1 Å². The van der Waals surface area contributed by atoms with Gasteiger partial charge < -0.3 is 24.0 Å². The first kappa shape index (κ1) is 18.8. The number of likely N-dealkylation sites (tertiary alicyclic amines) is 1. The molecule has 1 amide bonds. The number of rotatable bonds is 7. The predicted octanol–water partition coefficient (Wildman–Crippen LogP) is 2.10. The number of halogens is 1. The lowest BCUT2D eigenvalue weighted by Gasteiger charge is -2.21. The minimum absolute atomic E-state index is 0.0364. The molecule has 0 spiro atoms. The number of carbonyl (C=O) groups excluding carboxylic acids is 1. The second kappa shape index (κ2) is 8.17. The second-order valence-corrected chi connectivity index (χ2v) is 6.20. The van der Waals surface area contributed by atoms with Gasteiger partial charge in [-0.2, -0.15) is 0 Å². The van der Waals surface area contributed by atoms with Crippen LogP contribution in [0.15, 0.2) is 34.9 Å². The van der Waals surface area contributed by atoms with E-state index in [1.165, 1.54) is 30.2 Å². The Balaban J connectivity index is 1.66. The van der Waals surface area contributed by atoms with Gasteiger partial charge in [0.25, 0.3) is 5.91 Å². The molecule has 1 N–H and O–H groups in total. The maximum Gasteiger partial charge on any atom is 0.305 e. The molecule has 1 aliphatic heterocycles. The number of amides is 1. The number of hydrogen-bond donors (Lipinski definition) is 1. The Morgan fingerprint density at radius 3 is 2.89 bits per heavy atom. The first-order chi connectivity index (χ1) is 13.0. The molecule has 144 valence electrons. The van der Waals surface area contributed by atoms with Crippen LogP contribution in [-0.4, -0.2) is 52.8 Å². The number of carboxylic acids is 1. The van der Waals surface area contributed by atoms with E-state index < -0.39 is 23.7 Å². The summed E-state index contributed by atoms with van der Waals surface area (Å²) in [4.78, 5) is 25.2. The molecule has 2 atom stereocenters. The SMILES string of the molecule is COC1CC(CC(=O)O)N(C(=O)c2cc(COc3ccccc3F)on2)C1. The fourth-order valence-corrected chi connectivity index (χ4v) is 3.03. The number of carbonyl (C=O) groups is 2. The van der Waals surface area contributed by atoms with Gasteiger partial charge in [0.1, 0.15) is 6.61 Å². The first-order valence-corrected chi connectivity index (χ1v) is 8.36. The van der Waals surface area contributed by atoms with Gasteiger partial charge >= 0.3 is 5.97 Å². The van der Waals surface area contributed by atoms with E-state index in [0.717, 1.165) is 0 Å². The number of hydrogen-bond acceptors (Lipinski definition) is 6. The van der Waals surface area contributed by atoms with Crippen LogP contribution in [0.25, 0.3) is 0 Å². The van der Waals surface area contributed by atoms with Crippen LogP contribution < -0.4 is 4.74 Å². The molecule has 3 rings (SSSR count). The fraction of sp³-hybridized carbons (Fsp3) is 0.389. The number of nitrogens with zero attached hydrogens (tertiary/aromatic N) is 2. The molecule has 0 radical (unpaired) electrons. The molecule has 9 heteroatoms. The molecule has 1 saturated heterocycles. The van der Waals surface area contributed by atoms with Crippen LogP contribution in [0, 0.1) is 5.82 Å². The number of para-hydroxylation sites is 1. The van der Waals surface area contributed by atoms with E-state index in [1.807, 2.05) is 0 Å². The Kier molecular flexibility index (Phi) is 5.70. The van der Waals surface area contributed by atoms with Gasteiger partial charge in [0.2, 0.25) is 0 Å². The Hall–Kier alpha value is -2.94. The molecule has 27 heavy (non-hydrogen) atoms. The van der Waals surface area contributed by atoms with Crippen LogP contribution in [0.3, 0.4) is 0 Å². The highest BCUT2D eigenvalue weighted by atomic mass is 19.1. The quantitative estimate of drug-likeness (QED) is 0.787. The third kappa shape index (κ3) is 4.43. The maximum absolute atomic E-state index is 13.6. The van der Waals surface area contributed by atoms with E-state index in [1.54, 1.807) is 12.1 Å². The van der Waals surface area contributed by atoms with Gasteiger partial charge in [0, 0.05) is 25.8 Å². The van der Waals surface area contributed by atoms with Gasteiger partial charge in [-0.1, -0.05) is 17.3 Å². The maximum atomic E-state index is 13.6. The highest BCUT2D eigenvalue weighted by Crippen LogP contribution is 2.25. The first-order valence-electron chi connectivity index (χ1n) is 8.36. The van der Waals surface area contributed by atoms with Crippen molar-refractivity contribution < 1.29 is 33.1 Å². The monoisotopic (exact) mass is 378 g/mol. The van der Waals surface area contributed by atoms with Gasteiger partial charge in [-0.15, -0.1) is 0 Å². The third-order valence-electron chi connectivity index (χ3n) is 4.37. The third-order valence-corrected chi connectivity index (χ3v) is 4.37. The largest absolute Gasteiger partial charge is 0.482 e. The van der Waals surface area contributed by atoms with Crippen molar-refractivity contribution in [3.05, 3.63) is 47.6 Å². The van der Waals surface area contributed by atoms with Crippen LogP contribution in [0.1, 0.15) is 29.1 Å². The highest BCUT2D eigenvalue weighted by Gasteiger charge is 2.38. The lowest BCUT2D eigenvalue weighted by molar-refractivity contribution is -0.138. The molecule has 8 nitrogen and oxygen atoms in total. The minimum Gasteiger partial charge on any atom is -0.482 e. The minimum atomic E-state index is -0.992. The Bertz CT molecular complexity index is 824. The van der Waals surface area contributed by atoms with Crippen molar-refractivity contribution in [3.63, 3.8) is 0 Å². The summed E-state index contributed by atoms with van der Waals surface area (Å²) in [6.07, 6.45) is 0.0385. The smallest absolute Gasteiger partial charge is 0.305 e. The molecule has 1 fully saturated rings. The number of carboxylic acid groups (broad SMARTS) is 1. The van der Waals surface area contributed by atoms with Crippen LogP contribution in [0.5, 0.6) is 5.75 Å². The summed E-state index contributed by atoms with van der Waals surface area (Å²) in [5.74, 6) is -1.63. The van der Waals surface area contributed by atoms with E-state index in [2.05, 4.69) is 5.16 Å². The Labute approximate surface area is 154 Å². The van der Waals surface area contributed by atoms with Crippen molar-refractivity contribution in [1.29, 1.82) is 0 Å². The number of aromatic nitrogens is 1. The molecule has 1 aromatic carbocycles. The van der Waals surface area contributed by atoms with Gasteiger partial charge in [0.05, 0.1) is 12.5 Å². The molecular weight excluding hydrogens is 359 g/mol. The molecule has 0 saturated carbocycles. The van der Waals surface area contributed by atoms with Crippen LogP contribution >= 0.6 is 0 Å². The van der Waals surface area contributed by atoms with E-state index >= 15 is 0 Å². The normalized spacial score (nSPS) is 19.3. The predicted molar refractivity (Wildman–Crippen MR) is 89.7 cm³/mol. The molecule has 0 aliphatic carbocycles. The van der Waals surface area contributed by atoms with Gasteiger partial charge in [-0.3, -0.25) is 9.59 Å². The molecular formula is C18H19FN2O6. The van der Waals surface area contributed by atoms with Crippen molar-refractivity contribution in [2.24, 2.45) is 0 Å². The summed E-state index contributed by atoms with van der Waals surface area (Å²) in [6, 6.07) is 6.85. The summed E-state index contributed by atoms with van der Waals surface area (Å²) in [5.41, 5.74) is 0.0364. The van der Waals surface area contributed by atoms with Crippen LogP contribution in [-0.2, 0) is 16.1 Å². The molecule has 2 heterocycles. The molecule has 1 aromatic heterocycles. The topological polar surface area (TPSA) is 102 Å². The summed E-state index contributed by atoms with van der Waals surface area (Å²) in [6.45, 7) is 0.182. The Morgan fingerprint density at radius 2 is 2.19 bits per heavy atom. The second-order valence-electron chi connectivity index (χ2n) is 6.20. The zero-order valence-corrected chi connectivity index (χ0v) is 14.6. The van der Waals surface area contributed by atoms with Crippen molar-refractivity contribution >= 4 is 11.9 Å². The lowest BCUT2D eigenvalue weighted by Crippen LogP contribution is -2.37. The fourth-order valence-electron chi connectivity index (χ4n) is 3.03. The lowest BCUT2D eigenvalue weighted by atomic mass is 10.1. The zero-order chi connectivity index (χ0) is 19.4. The highest BCUT2D eigenvalue weighted by molar-refractivity contribution is 5.93. The Morgan fingerprint density at radius 1 is 1.41 bits per heavy atom. The van der Waals surface area contributed by atoms with E-state index in [9.17, 15) is 14.0 Å². The van der Waals surface area contributed by atoms with E-state index in [-0.39, 0.29) is 42.9 Å².